The molecule has 0 bridgehead atoms. The van der Waals surface area contributed by atoms with Crippen LogP contribution in [0.2, 0.25) is 0 Å². The third-order valence-electron chi connectivity index (χ3n) is 5.38. The topological polar surface area (TPSA) is 55.9 Å². The van der Waals surface area contributed by atoms with Crippen LogP contribution in [-0.4, -0.2) is 62.4 Å². The minimum atomic E-state index is -3.45. The van der Waals surface area contributed by atoms with Crippen molar-refractivity contribution in [2.45, 2.75) is 25.3 Å². The SMILES string of the molecule is CC1(N2CCN(S(=O)(=O)N3CCNc4ccccc43)CC2)CC1. The minimum absolute atomic E-state index is 0.331. The van der Waals surface area contributed by atoms with E-state index < -0.39 is 10.2 Å². The van der Waals surface area contributed by atoms with Crippen molar-refractivity contribution in [3.05, 3.63) is 24.3 Å². The summed E-state index contributed by atoms with van der Waals surface area (Å²) in [6, 6.07) is 7.63. The monoisotopic (exact) mass is 336 g/mol. The van der Waals surface area contributed by atoms with Crippen LogP contribution in [0.4, 0.5) is 11.4 Å². The molecule has 3 aliphatic rings. The van der Waals surface area contributed by atoms with Gasteiger partial charge in [0, 0.05) is 38.3 Å². The highest BCUT2D eigenvalue weighted by atomic mass is 32.2. The maximum atomic E-state index is 13.1. The van der Waals surface area contributed by atoms with Crippen LogP contribution in [0.15, 0.2) is 24.3 Å². The zero-order valence-electron chi connectivity index (χ0n) is 13.5. The van der Waals surface area contributed by atoms with Crippen LogP contribution in [-0.2, 0) is 10.2 Å². The Hall–Kier alpha value is -1.31. The Balaban J connectivity index is 1.53. The van der Waals surface area contributed by atoms with Gasteiger partial charge in [0.2, 0.25) is 0 Å². The molecule has 23 heavy (non-hydrogen) atoms. The number of hydrogen-bond acceptors (Lipinski definition) is 4. The molecule has 126 valence electrons. The molecule has 0 spiro atoms. The third kappa shape index (κ3) is 2.60. The highest BCUT2D eigenvalue weighted by Crippen LogP contribution is 2.41. The molecule has 1 aromatic carbocycles. The summed E-state index contributed by atoms with van der Waals surface area (Å²) in [6.07, 6.45) is 2.48. The average molecular weight is 336 g/mol. The molecule has 1 aliphatic carbocycles. The van der Waals surface area contributed by atoms with Crippen LogP contribution < -0.4 is 9.62 Å². The Morgan fingerprint density at radius 3 is 2.43 bits per heavy atom. The molecule has 1 saturated heterocycles. The Kier molecular flexibility index (Phi) is 3.55. The lowest BCUT2D eigenvalue weighted by Crippen LogP contribution is -2.56. The average Bonchev–Trinajstić information content (AvgIpc) is 3.33. The lowest BCUT2D eigenvalue weighted by atomic mass is 10.2. The second-order valence-electron chi connectivity index (χ2n) is 6.91. The van der Waals surface area contributed by atoms with Gasteiger partial charge in [0.05, 0.1) is 17.9 Å². The van der Waals surface area contributed by atoms with Gasteiger partial charge in [-0.05, 0) is 31.9 Å². The number of benzene rings is 1. The van der Waals surface area contributed by atoms with Gasteiger partial charge >= 0.3 is 10.2 Å². The molecule has 0 amide bonds. The summed E-state index contributed by atoms with van der Waals surface area (Å²) in [5.41, 5.74) is 1.99. The standard InChI is InChI=1S/C16H24N4O2S/c1-16(6-7-16)18-10-12-19(13-11-18)23(21,22)20-9-8-17-14-4-2-3-5-15(14)20/h2-5,17H,6-13H2,1H3. The summed E-state index contributed by atoms with van der Waals surface area (Å²) in [7, 11) is -3.45. The Morgan fingerprint density at radius 1 is 1.04 bits per heavy atom. The van der Waals surface area contributed by atoms with Gasteiger partial charge in [-0.1, -0.05) is 12.1 Å². The zero-order chi connectivity index (χ0) is 16.1. The Labute approximate surface area is 138 Å². The molecule has 2 aliphatic heterocycles. The van der Waals surface area contributed by atoms with Crippen molar-refractivity contribution in [1.29, 1.82) is 0 Å². The second kappa shape index (κ2) is 5.36. The molecule has 0 unspecified atom stereocenters. The first-order valence-electron chi connectivity index (χ1n) is 8.36. The van der Waals surface area contributed by atoms with E-state index in [1.165, 1.54) is 12.8 Å². The van der Waals surface area contributed by atoms with E-state index in [2.05, 4.69) is 17.1 Å². The van der Waals surface area contributed by atoms with Gasteiger partial charge in [-0.3, -0.25) is 9.21 Å². The van der Waals surface area contributed by atoms with Crippen molar-refractivity contribution in [2.24, 2.45) is 0 Å². The fourth-order valence-corrected chi connectivity index (χ4v) is 5.22. The van der Waals surface area contributed by atoms with E-state index in [0.29, 0.717) is 31.7 Å². The van der Waals surface area contributed by atoms with E-state index in [1.54, 1.807) is 8.61 Å². The van der Waals surface area contributed by atoms with E-state index in [9.17, 15) is 8.42 Å². The van der Waals surface area contributed by atoms with Gasteiger partial charge in [0.15, 0.2) is 0 Å². The van der Waals surface area contributed by atoms with E-state index in [-0.39, 0.29) is 0 Å². The van der Waals surface area contributed by atoms with Crippen LogP contribution in [0.1, 0.15) is 19.8 Å². The van der Waals surface area contributed by atoms with Crippen molar-refractivity contribution >= 4 is 21.6 Å². The summed E-state index contributed by atoms with van der Waals surface area (Å²) in [5.74, 6) is 0. The number of para-hydroxylation sites is 2. The van der Waals surface area contributed by atoms with Crippen molar-refractivity contribution < 1.29 is 8.42 Å². The highest BCUT2D eigenvalue weighted by molar-refractivity contribution is 7.90. The van der Waals surface area contributed by atoms with Crippen LogP contribution >= 0.6 is 0 Å². The van der Waals surface area contributed by atoms with Crippen LogP contribution in [0.5, 0.6) is 0 Å². The van der Waals surface area contributed by atoms with Gasteiger partial charge in [-0.15, -0.1) is 0 Å². The largest absolute Gasteiger partial charge is 0.382 e. The van der Waals surface area contributed by atoms with Crippen LogP contribution in [0, 0.1) is 0 Å². The second-order valence-corrected chi connectivity index (χ2v) is 8.76. The molecule has 0 radical (unpaired) electrons. The molecular formula is C16H24N4O2S. The first-order chi connectivity index (χ1) is 11.0. The number of hydrogen-bond donors (Lipinski definition) is 1. The number of piperazine rings is 1. The van der Waals surface area contributed by atoms with E-state index in [1.807, 2.05) is 24.3 Å². The van der Waals surface area contributed by atoms with E-state index in [0.717, 1.165) is 24.5 Å². The molecule has 2 heterocycles. The summed E-state index contributed by atoms with van der Waals surface area (Å²) >= 11 is 0. The van der Waals surface area contributed by atoms with Gasteiger partial charge in [0.25, 0.3) is 0 Å². The Bertz CT molecular complexity index is 694. The number of nitrogens with zero attached hydrogens (tertiary/aromatic N) is 3. The fourth-order valence-electron chi connectivity index (χ4n) is 3.59. The number of fused-ring (bicyclic) bond motifs is 1. The van der Waals surface area contributed by atoms with Gasteiger partial charge in [-0.25, -0.2) is 0 Å². The van der Waals surface area contributed by atoms with Gasteiger partial charge in [0.1, 0.15) is 0 Å². The summed E-state index contributed by atoms with van der Waals surface area (Å²) < 4.78 is 29.4. The molecule has 2 fully saturated rings. The summed E-state index contributed by atoms with van der Waals surface area (Å²) in [4.78, 5) is 2.45. The van der Waals surface area contributed by atoms with E-state index in [4.69, 9.17) is 0 Å². The Morgan fingerprint density at radius 2 is 1.74 bits per heavy atom. The number of anilines is 2. The smallest absolute Gasteiger partial charge is 0.304 e. The van der Waals surface area contributed by atoms with Crippen molar-refractivity contribution in [3.63, 3.8) is 0 Å². The lowest BCUT2D eigenvalue weighted by molar-refractivity contribution is 0.132. The molecule has 0 atom stereocenters. The fraction of sp³-hybridized carbons (Fsp3) is 0.625. The molecule has 1 saturated carbocycles. The van der Waals surface area contributed by atoms with E-state index >= 15 is 0 Å². The molecular weight excluding hydrogens is 312 g/mol. The molecule has 1 aromatic rings. The third-order valence-corrected chi connectivity index (χ3v) is 7.34. The first-order valence-corrected chi connectivity index (χ1v) is 9.76. The zero-order valence-corrected chi connectivity index (χ0v) is 14.3. The minimum Gasteiger partial charge on any atom is -0.382 e. The van der Waals surface area contributed by atoms with Crippen LogP contribution in [0.25, 0.3) is 0 Å². The van der Waals surface area contributed by atoms with Crippen molar-refractivity contribution in [3.8, 4) is 0 Å². The highest BCUT2D eigenvalue weighted by Gasteiger charge is 2.45. The summed E-state index contributed by atoms with van der Waals surface area (Å²) in [6.45, 7) is 6.26. The predicted octanol–water partition coefficient (Wildman–Crippen LogP) is 1.33. The quantitative estimate of drug-likeness (QED) is 0.905. The lowest BCUT2D eigenvalue weighted by Gasteiger charge is -2.41. The molecule has 4 rings (SSSR count). The predicted molar refractivity (Wildman–Crippen MR) is 92.0 cm³/mol. The van der Waals surface area contributed by atoms with Crippen molar-refractivity contribution in [2.75, 3.05) is 48.9 Å². The normalized spacial score (nSPS) is 24.8. The van der Waals surface area contributed by atoms with Crippen molar-refractivity contribution in [1.82, 2.24) is 9.21 Å². The molecule has 7 heteroatoms. The molecule has 6 nitrogen and oxygen atoms in total. The number of rotatable bonds is 3. The molecule has 1 N–H and O–H groups in total. The maximum absolute atomic E-state index is 13.1. The molecule has 0 aromatic heterocycles. The maximum Gasteiger partial charge on any atom is 0.304 e. The number of nitrogens with one attached hydrogen (secondary N) is 1. The van der Waals surface area contributed by atoms with Gasteiger partial charge < -0.3 is 5.32 Å². The summed E-state index contributed by atoms with van der Waals surface area (Å²) in [5, 5.41) is 3.27. The van der Waals surface area contributed by atoms with Gasteiger partial charge in [-0.2, -0.15) is 12.7 Å². The first kappa shape index (κ1) is 15.2. The van der Waals surface area contributed by atoms with Crippen LogP contribution in [0.3, 0.4) is 0 Å².